The molecule has 0 aliphatic carbocycles. The van der Waals surface area contributed by atoms with E-state index >= 15 is 0 Å². The summed E-state index contributed by atoms with van der Waals surface area (Å²) in [5.74, 6) is -1.56. The van der Waals surface area contributed by atoms with Crippen LogP contribution in [0.2, 0.25) is 6.04 Å². The molecule has 0 unspecified atom stereocenters. The van der Waals surface area contributed by atoms with Crippen LogP contribution in [0.4, 0.5) is 0 Å². The minimum atomic E-state index is -2.89. The molecule has 0 saturated carbocycles. The van der Waals surface area contributed by atoms with E-state index in [4.69, 9.17) is 0 Å². The first-order chi connectivity index (χ1) is 17.5. The fourth-order valence-electron chi connectivity index (χ4n) is 5.02. The Morgan fingerprint density at radius 2 is 1.17 bits per heavy atom. The molecule has 0 heterocycles. The topological polar surface area (TPSA) is 66.4 Å². The Morgan fingerprint density at radius 3 is 1.64 bits per heavy atom. The molecule has 36 heavy (non-hydrogen) atoms. The molecule has 0 radical (unpaired) electrons. The van der Waals surface area contributed by atoms with Crippen molar-refractivity contribution in [3.8, 4) is 0 Å². The van der Waals surface area contributed by atoms with Gasteiger partial charge in [0.25, 0.3) is 5.91 Å². The molecule has 0 aromatic heterocycles. The highest BCUT2D eigenvalue weighted by atomic mass is 28.3. The third kappa shape index (κ3) is 5.64. The zero-order valence-corrected chi connectivity index (χ0v) is 21.4. The number of carboxylic acid groups (broad SMARTS) is 1. The average Bonchev–Trinajstić information content (AvgIpc) is 2.93. The molecule has 0 bridgehead atoms. The highest BCUT2D eigenvalue weighted by molar-refractivity contribution is 7.03. The molecule has 1 amide bonds. The number of benzene rings is 4. The van der Waals surface area contributed by atoms with E-state index in [1.165, 1.54) is 0 Å². The van der Waals surface area contributed by atoms with Gasteiger partial charge in [-0.2, -0.15) is 0 Å². The maximum absolute atomic E-state index is 13.6. The monoisotopic (exact) mass is 493 g/mol. The van der Waals surface area contributed by atoms with Crippen LogP contribution in [0.3, 0.4) is 0 Å². The summed E-state index contributed by atoms with van der Waals surface area (Å²) in [5, 5.41) is 15.6. The normalized spacial score (nSPS) is 12.9. The lowest BCUT2D eigenvalue weighted by Gasteiger charge is -2.42. The van der Waals surface area contributed by atoms with E-state index in [-0.39, 0.29) is 11.6 Å². The highest BCUT2D eigenvalue weighted by Crippen LogP contribution is 2.25. The first-order valence-corrected chi connectivity index (χ1v) is 14.5. The van der Waals surface area contributed by atoms with E-state index in [0.717, 1.165) is 15.9 Å². The van der Waals surface area contributed by atoms with Gasteiger partial charge in [-0.15, -0.1) is 0 Å². The van der Waals surface area contributed by atoms with Crippen LogP contribution < -0.4 is 15.7 Å². The van der Waals surface area contributed by atoms with Crippen LogP contribution in [0.5, 0.6) is 0 Å². The lowest BCUT2D eigenvalue weighted by molar-refractivity contribution is -0.140. The molecule has 4 nitrogen and oxygen atoms in total. The zero-order chi connectivity index (χ0) is 25.4. The van der Waals surface area contributed by atoms with Gasteiger partial charge in [-0.05, 0) is 30.2 Å². The Balaban J connectivity index is 1.93. The summed E-state index contributed by atoms with van der Waals surface area (Å²) in [7, 11) is -2.89. The van der Waals surface area contributed by atoms with Gasteiger partial charge in [0.1, 0.15) is 8.07 Å². The molecule has 4 rings (SSSR count). The molecule has 2 N–H and O–H groups in total. The number of rotatable bonds is 10. The molecule has 5 heteroatoms. The average molecular weight is 494 g/mol. The number of aliphatic carboxylic acids is 1. The van der Waals surface area contributed by atoms with E-state index in [1.807, 2.05) is 84.9 Å². The number of amides is 1. The van der Waals surface area contributed by atoms with E-state index in [1.54, 1.807) is 6.92 Å². The number of nitrogens with one attached hydrogen (secondary N) is 1. The van der Waals surface area contributed by atoms with Crippen LogP contribution in [0, 0.1) is 5.92 Å². The Hall–Kier alpha value is -3.96. The quantitative estimate of drug-likeness (QED) is 0.319. The van der Waals surface area contributed by atoms with Crippen LogP contribution in [0.1, 0.15) is 22.8 Å². The predicted molar refractivity (Wildman–Crippen MR) is 147 cm³/mol. The highest BCUT2D eigenvalue weighted by Gasteiger charge is 2.47. The van der Waals surface area contributed by atoms with Gasteiger partial charge in [-0.1, -0.05) is 126 Å². The van der Waals surface area contributed by atoms with Gasteiger partial charge in [0.2, 0.25) is 0 Å². The van der Waals surface area contributed by atoms with Crippen LogP contribution >= 0.6 is 0 Å². The molecule has 2 atom stereocenters. The fraction of sp³-hybridized carbons (Fsp3) is 0.161. The molecule has 182 valence electrons. The van der Waals surface area contributed by atoms with Crippen molar-refractivity contribution in [2.45, 2.75) is 25.1 Å². The van der Waals surface area contributed by atoms with Gasteiger partial charge in [0, 0.05) is 11.2 Å². The summed E-state index contributed by atoms with van der Waals surface area (Å²) in [6.07, 6.45) is 0.599. The van der Waals surface area contributed by atoms with E-state index in [2.05, 4.69) is 41.7 Å². The van der Waals surface area contributed by atoms with Crippen molar-refractivity contribution in [1.29, 1.82) is 0 Å². The molecule has 0 fully saturated rings. The largest absolute Gasteiger partial charge is 0.481 e. The van der Waals surface area contributed by atoms with Crippen LogP contribution in [-0.2, 0) is 11.2 Å². The molecule has 0 saturated heterocycles. The van der Waals surface area contributed by atoms with Crippen molar-refractivity contribution in [2.75, 3.05) is 0 Å². The number of carboxylic acids is 1. The van der Waals surface area contributed by atoms with Gasteiger partial charge in [-0.25, -0.2) is 0 Å². The Bertz CT molecular complexity index is 1220. The first kappa shape index (κ1) is 25.1. The number of hydrogen-bond acceptors (Lipinski definition) is 2. The van der Waals surface area contributed by atoms with E-state index in [0.29, 0.717) is 18.0 Å². The standard InChI is InChI=1S/C31H31NO3Si/c1-24(31(34)35)23-36(27-18-10-4-11-19-27,28-20-12-5-13-21-28)29(22-25-14-6-2-7-15-25)32-30(33)26-16-8-3-9-17-26/h2-21,24,29H,22-23H2,1H3,(H,32,33)(H,34,35)/t24-,29-/m0/s1. The van der Waals surface area contributed by atoms with Crippen LogP contribution in [0.25, 0.3) is 0 Å². The lowest BCUT2D eigenvalue weighted by Crippen LogP contribution is -2.72. The van der Waals surface area contributed by atoms with Crippen molar-refractivity contribution in [3.63, 3.8) is 0 Å². The minimum absolute atomic E-state index is 0.150. The Labute approximate surface area is 213 Å². The van der Waals surface area contributed by atoms with Gasteiger partial charge >= 0.3 is 5.97 Å². The van der Waals surface area contributed by atoms with Crippen LogP contribution in [-0.4, -0.2) is 30.7 Å². The van der Waals surface area contributed by atoms with Crippen molar-refractivity contribution >= 4 is 30.3 Å². The molecule has 0 aliphatic rings. The maximum Gasteiger partial charge on any atom is 0.305 e. The second kappa shape index (κ2) is 11.6. The number of hydrogen-bond donors (Lipinski definition) is 2. The van der Waals surface area contributed by atoms with Crippen molar-refractivity contribution in [3.05, 3.63) is 132 Å². The molecule has 4 aromatic rings. The zero-order valence-electron chi connectivity index (χ0n) is 20.4. The summed E-state index contributed by atoms with van der Waals surface area (Å²) in [6, 6.07) is 40.1. The SMILES string of the molecule is C[C@@H](C[Si](c1ccccc1)(c1ccccc1)[C@@H](Cc1ccccc1)NC(=O)c1ccccc1)C(=O)O. The summed E-state index contributed by atoms with van der Waals surface area (Å²) in [5.41, 5.74) is 1.41. The molecular weight excluding hydrogens is 462 g/mol. The molecule has 0 aliphatic heterocycles. The summed E-state index contributed by atoms with van der Waals surface area (Å²) < 4.78 is 0. The summed E-state index contributed by atoms with van der Waals surface area (Å²) in [6.45, 7) is 1.77. The lowest BCUT2D eigenvalue weighted by atomic mass is 10.1. The number of carbonyl (C=O) groups is 2. The third-order valence-electron chi connectivity index (χ3n) is 6.85. The van der Waals surface area contributed by atoms with Crippen LogP contribution in [0.15, 0.2) is 121 Å². The van der Waals surface area contributed by atoms with E-state index in [9.17, 15) is 14.7 Å². The Morgan fingerprint density at radius 1 is 0.722 bits per heavy atom. The third-order valence-corrected chi connectivity index (χ3v) is 12.4. The smallest absolute Gasteiger partial charge is 0.305 e. The van der Waals surface area contributed by atoms with Crippen molar-refractivity contribution in [1.82, 2.24) is 5.32 Å². The second-order valence-corrected chi connectivity index (χ2v) is 13.4. The fourth-order valence-corrected chi connectivity index (χ4v) is 10.6. The van der Waals surface area contributed by atoms with E-state index < -0.39 is 20.0 Å². The first-order valence-electron chi connectivity index (χ1n) is 12.2. The Kier molecular flexibility index (Phi) is 8.13. The molecule has 4 aromatic carbocycles. The van der Waals surface area contributed by atoms with Crippen molar-refractivity contribution < 1.29 is 14.7 Å². The van der Waals surface area contributed by atoms with Crippen molar-refractivity contribution in [2.24, 2.45) is 5.92 Å². The minimum Gasteiger partial charge on any atom is -0.481 e. The maximum atomic E-state index is 13.6. The van der Waals surface area contributed by atoms with Gasteiger partial charge < -0.3 is 10.4 Å². The summed E-state index contributed by atoms with van der Waals surface area (Å²) >= 11 is 0. The molecular formula is C31H31NO3Si. The van der Waals surface area contributed by atoms with Gasteiger partial charge in [-0.3, -0.25) is 9.59 Å². The molecule has 0 spiro atoms. The van der Waals surface area contributed by atoms with Gasteiger partial charge in [0.15, 0.2) is 0 Å². The summed E-state index contributed by atoms with van der Waals surface area (Å²) in [4.78, 5) is 25.8. The number of carbonyl (C=O) groups excluding carboxylic acids is 1. The second-order valence-electron chi connectivity index (χ2n) is 9.23. The predicted octanol–water partition coefficient (Wildman–Crippen LogP) is 4.55. The van der Waals surface area contributed by atoms with Gasteiger partial charge in [0.05, 0.1) is 5.92 Å².